The van der Waals surface area contributed by atoms with Gasteiger partial charge in [0.25, 0.3) is 0 Å². The van der Waals surface area contributed by atoms with Gasteiger partial charge >= 0.3 is 0 Å². The summed E-state index contributed by atoms with van der Waals surface area (Å²) in [5, 5.41) is 3.19. The molecule has 21 heavy (non-hydrogen) atoms. The van der Waals surface area contributed by atoms with Gasteiger partial charge in [-0.15, -0.1) is 0 Å². The molecule has 0 bridgehead atoms. The van der Waals surface area contributed by atoms with Gasteiger partial charge in [0.1, 0.15) is 18.2 Å². The van der Waals surface area contributed by atoms with Crippen LogP contribution in [-0.2, 0) is 0 Å². The van der Waals surface area contributed by atoms with Crippen molar-refractivity contribution < 1.29 is 4.74 Å². The van der Waals surface area contributed by atoms with E-state index in [0.29, 0.717) is 24.6 Å². The third-order valence-electron chi connectivity index (χ3n) is 3.03. The summed E-state index contributed by atoms with van der Waals surface area (Å²) >= 11 is 0. The van der Waals surface area contributed by atoms with Crippen LogP contribution in [0.4, 0.5) is 11.5 Å². The minimum Gasteiger partial charge on any atom is -0.490 e. The van der Waals surface area contributed by atoms with Crippen molar-refractivity contribution in [2.45, 2.75) is 0 Å². The number of hydrogen-bond acceptors (Lipinski definition) is 5. The van der Waals surface area contributed by atoms with E-state index in [1.807, 2.05) is 48.5 Å². The highest BCUT2D eigenvalue weighted by Crippen LogP contribution is 2.19. The molecule has 0 atom stereocenters. The van der Waals surface area contributed by atoms with E-state index in [0.717, 1.165) is 16.9 Å². The van der Waals surface area contributed by atoms with Crippen LogP contribution in [0.15, 0.2) is 54.7 Å². The van der Waals surface area contributed by atoms with Crippen molar-refractivity contribution >= 4 is 22.5 Å². The van der Waals surface area contributed by atoms with Gasteiger partial charge in [-0.25, -0.2) is 4.98 Å². The van der Waals surface area contributed by atoms with Crippen LogP contribution in [0.2, 0.25) is 0 Å². The lowest BCUT2D eigenvalue weighted by molar-refractivity contribution is 0.334. The van der Waals surface area contributed by atoms with Gasteiger partial charge in [0.2, 0.25) is 0 Å². The maximum atomic E-state index is 5.81. The van der Waals surface area contributed by atoms with Gasteiger partial charge < -0.3 is 15.8 Å². The van der Waals surface area contributed by atoms with Crippen LogP contribution in [0.5, 0.6) is 5.75 Å². The van der Waals surface area contributed by atoms with Crippen LogP contribution in [0.1, 0.15) is 0 Å². The van der Waals surface area contributed by atoms with E-state index < -0.39 is 0 Å². The van der Waals surface area contributed by atoms with Crippen LogP contribution < -0.4 is 15.8 Å². The second kappa shape index (κ2) is 6.09. The number of anilines is 2. The molecular formula is C16H16N4O. The first-order chi connectivity index (χ1) is 10.3. The van der Waals surface area contributed by atoms with Crippen molar-refractivity contribution in [1.82, 2.24) is 9.97 Å². The number of para-hydroxylation sites is 4. The molecule has 1 aromatic heterocycles. The van der Waals surface area contributed by atoms with E-state index in [-0.39, 0.29) is 0 Å². The van der Waals surface area contributed by atoms with Gasteiger partial charge in [-0.2, -0.15) is 0 Å². The van der Waals surface area contributed by atoms with Gasteiger partial charge in [0.15, 0.2) is 0 Å². The molecule has 0 unspecified atom stereocenters. The molecule has 3 rings (SSSR count). The van der Waals surface area contributed by atoms with Crippen LogP contribution in [0.25, 0.3) is 11.0 Å². The zero-order chi connectivity index (χ0) is 14.5. The number of nitrogens with one attached hydrogen (secondary N) is 1. The maximum absolute atomic E-state index is 5.81. The molecule has 3 aromatic rings. The monoisotopic (exact) mass is 280 g/mol. The van der Waals surface area contributed by atoms with Crippen LogP contribution in [-0.4, -0.2) is 23.1 Å². The molecule has 0 amide bonds. The van der Waals surface area contributed by atoms with Crippen LogP contribution in [0, 0.1) is 0 Å². The summed E-state index contributed by atoms with van der Waals surface area (Å²) in [6, 6.07) is 15.2. The second-order valence-electron chi connectivity index (χ2n) is 4.56. The van der Waals surface area contributed by atoms with Crippen molar-refractivity contribution in [2.75, 3.05) is 24.2 Å². The van der Waals surface area contributed by atoms with Gasteiger partial charge in [-0.3, -0.25) is 4.98 Å². The van der Waals surface area contributed by atoms with E-state index in [1.54, 1.807) is 6.20 Å². The number of hydrogen-bond donors (Lipinski definition) is 2. The topological polar surface area (TPSA) is 73.1 Å². The zero-order valence-electron chi connectivity index (χ0n) is 11.5. The van der Waals surface area contributed by atoms with Gasteiger partial charge in [0.05, 0.1) is 29.5 Å². The summed E-state index contributed by atoms with van der Waals surface area (Å²) < 4.78 is 5.61. The fraction of sp³-hybridized carbons (Fsp3) is 0.125. The largest absolute Gasteiger partial charge is 0.490 e. The van der Waals surface area contributed by atoms with E-state index in [1.165, 1.54) is 0 Å². The van der Waals surface area contributed by atoms with E-state index >= 15 is 0 Å². The smallest absolute Gasteiger partial charge is 0.145 e. The molecule has 0 saturated heterocycles. The Labute approximate surface area is 122 Å². The number of rotatable bonds is 5. The molecule has 0 saturated carbocycles. The predicted molar refractivity (Wildman–Crippen MR) is 84.4 cm³/mol. The molecule has 0 radical (unpaired) electrons. The zero-order valence-corrected chi connectivity index (χ0v) is 11.5. The Bertz CT molecular complexity index is 745. The lowest BCUT2D eigenvalue weighted by Gasteiger charge is -2.09. The Hall–Kier alpha value is -2.82. The summed E-state index contributed by atoms with van der Waals surface area (Å²) in [4.78, 5) is 8.83. The third kappa shape index (κ3) is 3.20. The number of aromatic nitrogens is 2. The summed E-state index contributed by atoms with van der Waals surface area (Å²) in [7, 11) is 0. The minimum atomic E-state index is 0.503. The highest BCUT2D eigenvalue weighted by atomic mass is 16.5. The molecule has 0 spiro atoms. The number of nitrogens with two attached hydrogens (primary N) is 1. The summed E-state index contributed by atoms with van der Waals surface area (Å²) in [6.45, 7) is 1.13. The first-order valence-electron chi connectivity index (χ1n) is 6.76. The first kappa shape index (κ1) is 13.2. The summed E-state index contributed by atoms with van der Waals surface area (Å²) in [5.41, 5.74) is 8.21. The SMILES string of the molecule is Nc1ccccc1OCCNc1cnc2ccccc2n1. The van der Waals surface area contributed by atoms with Crippen molar-refractivity contribution in [2.24, 2.45) is 0 Å². The highest BCUT2D eigenvalue weighted by Gasteiger charge is 2.00. The maximum Gasteiger partial charge on any atom is 0.145 e. The molecular weight excluding hydrogens is 264 g/mol. The molecule has 2 aromatic carbocycles. The Balaban J connectivity index is 1.56. The molecule has 0 aliphatic rings. The molecule has 3 N–H and O–H groups in total. The summed E-state index contributed by atoms with van der Waals surface area (Å²) in [6.07, 6.45) is 1.72. The van der Waals surface area contributed by atoms with Crippen LogP contribution in [0.3, 0.4) is 0 Å². The predicted octanol–water partition coefficient (Wildman–Crippen LogP) is 2.70. The fourth-order valence-corrected chi connectivity index (χ4v) is 1.99. The first-order valence-corrected chi connectivity index (χ1v) is 6.76. The quantitative estimate of drug-likeness (QED) is 0.555. The summed E-state index contributed by atoms with van der Waals surface area (Å²) in [5.74, 6) is 1.43. The molecule has 0 aliphatic heterocycles. The molecule has 0 fully saturated rings. The van der Waals surface area contributed by atoms with Crippen molar-refractivity contribution in [3.05, 3.63) is 54.7 Å². The number of benzene rings is 2. The average molecular weight is 280 g/mol. The number of nitrogen functional groups attached to an aromatic ring is 1. The molecule has 5 heteroatoms. The number of ether oxygens (including phenoxy) is 1. The van der Waals surface area contributed by atoms with Gasteiger partial charge in [0, 0.05) is 0 Å². The van der Waals surface area contributed by atoms with E-state index in [4.69, 9.17) is 10.5 Å². The average Bonchev–Trinajstić information content (AvgIpc) is 2.53. The molecule has 106 valence electrons. The molecule has 1 heterocycles. The Kier molecular flexibility index (Phi) is 3.82. The number of fused-ring (bicyclic) bond motifs is 1. The Morgan fingerprint density at radius 2 is 1.76 bits per heavy atom. The standard InChI is InChI=1S/C16H16N4O/c17-12-5-1-4-8-15(12)21-10-9-18-16-11-19-13-6-2-3-7-14(13)20-16/h1-8,11H,9-10,17H2,(H,18,20). The van der Waals surface area contributed by atoms with Gasteiger partial charge in [-0.05, 0) is 24.3 Å². The minimum absolute atomic E-state index is 0.503. The van der Waals surface area contributed by atoms with E-state index in [9.17, 15) is 0 Å². The van der Waals surface area contributed by atoms with Gasteiger partial charge in [-0.1, -0.05) is 24.3 Å². The lowest BCUT2D eigenvalue weighted by Crippen LogP contribution is -2.13. The van der Waals surface area contributed by atoms with Crippen molar-refractivity contribution in [3.8, 4) is 5.75 Å². The molecule has 5 nitrogen and oxygen atoms in total. The highest BCUT2D eigenvalue weighted by molar-refractivity contribution is 5.75. The van der Waals surface area contributed by atoms with E-state index in [2.05, 4.69) is 15.3 Å². The fourth-order valence-electron chi connectivity index (χ4n) is 1.99. The molecule has 0 aliphatic carbocycles. The normalized spacial score (nSPS) is 10.5. The van der Waals surface area contributed by atoms with Crippen LogP contribution >= 0.6 is 0 Å². The lowest BCUT2D eigenvalue weighted by atomic mass is 10.3. The Morgan fingerprint density at radius 1 is 1.00 bits per heavy atom. The Morgan fingerprint density at radius 3 is 2.62 bits per heavy atom. The van der Waals surface area contributed by atoms with Crippen molar-refractivity contribution in [1.29, 1.82) is 0 Å². The third-order valence-corrected chi connectivity index (χ3v) is 3.03. The van der Waals surface area contributed by atoms with Crippen molar-refractivity contribution in [3.63, 3.8) is 0 Å². The second-order valence-corrected chi connectivity index (χ2v) is 4.56. The number of nitrogens with zero attached hydrogens (tertiary/aromatic N) is 2.